The molecule has 1 aromatic heterocycles. The highest BCUT2D eigenvalue weighted by molar-refractivity contribution is 5.94. The predicted molar refractivity (Wildman–Crippen MR) is 57.6 cm³/mol. The minimum Gasteiger partial charge on any atom is -0.335 e. The first-order valence-electron chi connectivity index (χ1n) is 5.54. The second kappa shape index (κ2) is 4.57. The summed E-state index contributed by atoms with van der Waals surface area (Å²) in [6.07, 6.45) is 7.83. The molecule has 1 heterocycles. The Morgan fingerprint density at radius 2 is 2.40 bits per heavy atom. The van der Waals surface area contributed by atoms with Gasteiger partial charge in [0.2, 0.25) is 0 Å². The van der Waals surface area contributed by atoms with Gasteiger partial charge in [-0.25, -0.2) is 4.98 Å². The summed E-state index contributed by atoms with van der Waals surface area (Å²) in [5.74, 6) is 0.785. The fourth-order valence-electron chi connectivity index (χ4n) is 1.84. The number of nitrogens with two attached hydrogens (primary N) is 1. The number of carbonyl (C=O) groups excluding carboxylic acids is 1. The number of hydrogen-bond donors (Lipinski definition) is 1. The maximum atomic E-state index is 11.8. The van der Waals surface area contributed by atoms with Crippen LogP contribution in [0.4, 0.5) is 0 Å². The van der Waals surface area contributed by atoms with Crippen molar-refractivity contribution in [2.45, 2.75) is 32.2 Å². The molecule has 0 amide bonds. The fourth-order valence-corrected chi connectivity index (χ4v) is 1.84. The van der Waals surface area contributed by atoms with E-state index in [0.717, 1.165) is 6.54 Å². The van der Waals surface area contributed by atoms with E-state index in [4.69, 9.17) is 5.73 Å². The largest absolute Gasteiger partial charge is 0.335 e. The molecule has 4 nitrogen and oxygen atoms in total. The molecule has 0 radical (unpaired) electrons. The van der Waals surface area contributed by atoms with E-state index < -0.39 is 0 Å². The molecule has 0 spiro atoms. The number of hydrogen-bond acceptors (Lipinski definition) is 3. The molecule has 0 saturated heterocycles. The molecular formula is C11H17N3O. The van der Waals surface area contributed by atoms with Gasteiger partial charge in [-0.15, -0.1) is 0 Å². The molecule has 0 bridgehead atoms. The third kappa shape index (κ3) is 2.45. The Bertz CT molecular complexity index is 341. The summed E-state index contributed by atoms with van der Waals surface area (Å²) < 4.78 is 1.87. The van der Waals surface area contributed by atoms with Crippen LogP contribution in [0, 0.1) is 5.92 Å². The third-order valence-corrected chi connectivity index (χ3v) is 3.01. The Kier molecular flexibility index (Phi) is 3.16. The zero-order chi connectivity index (χ0) is 10.7. The van der Waals surface area contributed by atoms with Crippen molar-refractivity contribution in [3.63, 3.8) is 0 Å². The van der Waals surface area contributed by atoms with E-state index in [1.165, 1.54) is 19.3 Å². The van der Waals surface area contributed by atoms with Crippen LogP contribution >= 0.6 is 0 Å². The molecule has 82 valence electrons. The quantitative estimate of drug-likeness (QED) is 0.738. The highest BCUT2D eigenvalue weighted by Gasteiger charge is 2.22. The Morgan fingerprint density at radius 3 is 3.00 bits per heavy atom. The van der Waals surface area contributed by atoms with Crippen LogP contribution in [0.1, 0.15) is 36.2 Å². The molecule has 0 aromatic carbocycles. The van der Waals surface area contributed by atoms with Crippen LogP contribution in [-0.2, 0) is 6.54 Å². The van der Waals surface area contributed by atoms with E-state index in [1.54, 1.807) is 12.5 Å². The van der Waals surface area contributed by atoms with Crippen molar-refractivity contribution in [2.75, 3.05) is 6.54 Å². The Hall–Kier alpha value is -1.16. The summed E-state index contributed by atoms with van der Waals surface area (Å²) in [6.45, 7) is 1.30. The molecule has 4 heteroatoms. The Balaban J connectivity index is 1.92. The number of imidazole rings is 1. The zero-order valence-corrected chi connectivity index (χ0v) is 8.85. The lowest BCUT2D eigenvalue weighted by atomic mass is 9.81. The van der Waals surface area contributed by atoms with Crippen LogP contribution in [-0.4, -0.2) is 21.9 Å². The molecule has 1 aliphatic rings. The van der Waals surface area contributed by atoms with Crippen LogP contribution in [0.3, 0.4) is 0 Å². The monoisotopic (exact) mass is 207 g/mol. The summed E-state index contributed by atoms with van der Waals surface area (Å²) in [7, 11) is 0. The van der Waals surface area contributed by atoms with Crippen LogP contribution in [0.25, 0.3) is 0 Å². The van der Waals surface area contributed by atoms with Gasteiger partial charge in [0.05, 0.1) is 6.33 Å². The minimum absolute atomic E-state index is 0.176. The average Bonchev–Trinajstić information content (AvgIpc) is 2.60. The van der Waals surface area contributed by atoms with Gasteiger partial charge in [0.25, 0.3) is 0 Å². The Labute approximate surface area is 89.5 Å². The maximum absolute atomic E-state index is 11.8. The fraction of sp³-hybridized carbons (Fsp3) is 0.636. The zero-order valence-electron chi connectivity index (χ0n) is 8.85. The summed E-state index contributed by atoms with van der Waals surface area (Å²) >= 11 is 0. The van der Waals surface area contributed by atoms with Crippen molar-refractivity contribution in [3.8, 4) is 0 Å². The number of rotatable bonds is 5. The first kappa shape index (κ1) is 10.4. The van der Waals surface area contributed by atoms with Gasteiger partial charge < -0.3 is 10.3 Å². The van der Waals surface area contributed by atoms with Crippen molar-refractivity contribution >= 4 is 5.78 Å². The van der Waals surface area contributed by atoms with Gasteiger partial charge in [0.15, 0.2) is 5.78 Å². The van der Waals surface area contributed by atoms with Gasteiger partial charge in [0, 0.05) is 25.7 Å². The number of ketones is 1. The Morgan fingerprint density at radius 1 is 1.60 bits per heavy atom. The smallest absolute Gasteiger partial charge is 0.183 e. The SMILES string of the molecule is NCCn1cnc(C(=O)CC2CCC2)c1. The van der Waals surface area contributed by atoms with Gasteiger partial charge >= 0.3 is 0 Å². The first-order valence-corrected chi connectivity index (χ1v) is 5.54. The van der Waals surface area contributed by atoms with Gasteiger partial charge in [-0.05, 0) is 5.92 Å². The van der Waals surface area contributed by atoms with E-state index in [1.807, 2.05) is 4.57 Å². The molecule has 0 aliphatic heterocycles. The van der Waals surface area contributed by atoms with E-state index >= 15 is 0 Å². The topological polar surface area (TPSA) is 60.9 Å². The van der Waals surface area contributed by atoms with Crippen LogP contribution in [0.5, 0.6) is 0 Å². The summed E-state index contributed by atoms with van der Waals surface area (Å²) in [4.78, 5) is 15.9. The van der Waals surface area contributed by atoms with Crippen molar-refractivity contribution in [1.29, 1.82) is 0 Å². The minimum atomic E-state index is 0.176. The van der Waals surface area contributed by atoms with E-state index in [-0.39, 0.29) is 5.78 Å². The highest BCUT2D eigenvalue weighted by Crippen LogP contribution is 2.30. The van der Waals surface area contributed by atoms with Crippen LogP contribution < -0.4 is 5.73 Å². The standard InChI is InChI=1S/C11H17N3O/c12-4-5-14-7-10(13-8-14)11(15)6-9-2-1-3-9/h7-9H,1-6,12H2. The van der Waals surface area contributed by atoms with E-state index in [0.29, 0.717) is 24.6 Å². The predicted octanol–water partition coefficient (Wildman–Crippen LogP) is 1.21. The van der Waals surface area contributed by atoms with Crippen LogP contribution in [0.2, 0.25) is 0 Å². The molecule has 1 aliphatic carbocycles. The maximum Gasteiger partial charge on any atom is 0.183 e. The lowest BCUT2D eigenvalue weighted by Crippen LogP contribution is -2.16. The molecule has 2 N–H and O–H groups in total. The van der Waals surface area contributed by atoms with E-state index in [2.05, 4.69) is 4.98 Å². The summed E-state index contributed by atoms with van der Waals surface area (Å²) in [5.41, 5.74) is 6.02. The van der Waals surface area contributed by atoms with Crippen molar-refractivity contribution in [2.24, 2.45) is 11.7 Å². The summed E-state index contributed by atoms with van der Waals surface area (Å²) in [6, 6.07) is 0. The average molecular weight is 207 g/mol. The van der Waals surface area contributed by atoms with E-state index in [9.17, 15) is 4.79 Å². The van der Waals surface area contributed by atoms with Crippen molar-refractivity contribution < 1.29 is 4.79 Å². The highest BCUT2D eigenvalue weighted by atomic mass is 16.1. The van der Waals surface area contributed by atoms with Gasteiger partial charge in [-0.1, -0.05) is 19.3 Å². The molecule has 1 aromatic rings. The van der Waals surface area contributed by atoms with Crippen molar-refractivity contribution in [1.82, 2.24) is 9.55 Å². The lowest BCUT2D eigenvalue weighted by Gasteiger charge is -2.23. The number of nitrogens with zero attached hydrogens (tertiary/aromatic N) is 2. The molecule has 2 rings (SSSR count). The van der Waals surface area contributed by atoms with Gasteiger partial charge in [-0.2, -0.15) is 0 Å². The molecule has 1 fully saturated rings. The molecule has 1 saturated carbocycles. The number of carbonyl (C=O) groups is 1. The molecular weight excluding hydrogens is 190 g/mol. The molecule has 0 atom stereocenters. The number of Topliss-reactive ketones (excluding diaryl/α,β-unsaturated/α-hetero) is 1. The number of aromatic nitrogens is 2. The second-order valence-electron chi connectivity index (χ2n) is 4.21. The van der Waals surface area contributed by atoms with Crippen LogP contribution in [0.15, 0.2) is 12.5 Å². The van der Waals surface area contributed by atoms with Gasteiger partial charge in [0.1, 0.15) is 5.69 Å². The van der Waals surface area contributed by atoms with Gasteiger partial charge in [-0.3, -0.25) is 4.79 Å². The summed E-state index contributed by atoms with van der Waals surface area (Å²) in [5, 5.41) is 0. The first-order chi connectivity index (χ1) is 7.29. The van der Waals surface area contributed by atoms with Crippen molar-refractivity contribution in [3.05, 3.63) is 18.2 Å². The molecule has 15 heavy (non-hydrogen) atoms. The molecule has 0 unspecified atom stereocenters. The lowest BCUT2D eigenvalue weighted by molar-refractivity contribution is 0.0932. The normalized spacial score (nSPS) is 16.3. The third-order valence-electron chi connectivity index (χ3n) is 3.01. The second-order valence-corrected chi connectivity index (χ2v) is 4.21.